The molecule has 0 amide bonds. The number of ketones is 1. The topological polar surface area (TPSA) is 91.0 Å². The van der Waals surface area contributed by atoms with E-state index in [0.717, 1.165) is 68.6 Å². The Bertz CT molecular complexity index is 1280. The first kappa shape index (κ1) is 24.1. The normalized spacial score (nSPS) is 15.8. The molecule has 188 valence electrons. The first-order valence-electron chi connectivity index (χ1n) is 12.7. The minimum atomic E-state index is 0.00102. The molecule has 2 aromatic heterocycles. The van der Waals surface area contributed by atoms with Gasteiger partial charge in [-0.1, -0.05) is 24.3 Å². The molecule has 0 N–H and O–H groups in total. The molecule has 5 rings (SSSR count). The number of nitrogens with zero attached hydrogens (tertiary/aromatic N) is 7. The van der Waals surface area contributed by atoms with Crippen molar-refractivity contribution in [2.24, 2.45) is 5.92 Å². The lowest BCUT2D eigenvalue weighted by Crippen LogP contribution is -2.38. The zero-order chi connectivity index (χ0) is 24.9. The van der Waals surface area contributed by atoms with E-state index in [1.807, 2.05) is 30.3 Å². The van der Waals surface area contributed by atoms with E-state index in [-0.39, 0.29) is 11.7 Å². The van der Waals surface area contributed by atoms with Crippen LogP contribution in [-0.2, 0) is 13.1 Å². The number of hydrogen-bond acceptors (Lipinski definition) is 7. The molecule has 9 heteroatoms. The second-order valence-electron chi connectivity index (χ2n) is 9.48. The highest BCUT2D eigenvalue weighted by Crippen LogP contribution is 2.30. The Kier molecular flexibility index (Phi) is 7.36. The van der Waals surface area contributed by atoms with Gasteiger partial charge in [0.25, 0.3) is 0 Å². The number of benzene rings is 2. The molecule has 0 spiro atoms. The number of unbranched alkanes of at least 4 members (excludes halogenated alkanes) is 1. The summed E-state index contributed by atoms with van der Waals surface area (Å²) in [5.41, 5.74) is 3.17. The summed E-state index contributed by atoms with van der Waals surface area (Å²) in [7, 11) is 1.69. The van der Waals surface area contributed by atoms with Crippen LogP contribution in [0.3, 0.4) is 0 Å². The Morgan fingerprint density at radius 2 is 1.81 bits per heavy atom. The Balaban J connectivity index is 1.24. The van der Waals surface area contributed by atoms with Crippen molar-refractivity contribution in [3.63, 3.8) is 0 Å². The maximum absolute atomic E-state index is 13.7. The number of fused-ring (bicyclic) bond motifs is 1. The van der Waals surface area contributed by atoms with E-state index >= 15 is 0 Å². The number of piperidine rings is 1. The van der Waals surface area contributed by atoms with Gasteiger partial charge in [0.05, 0.1) is 18.1 Å². The Morgan fingerprint density at radius 1 is 1.06 bits per heavy atom. The van der Waals surface area contributed by atoms with Crippen LogP contribution in [0.25, 0.3) is 11.0 Å². The Morgan fingerprint density at radius 3 is 2.53 bits per heavy atom. The number of para-hydroxylation sites is 2. The van der Waals surface area contributed by atoms with E-state index < -0.39 is 0 Å². The van der Waals surface area contributed by atoms with Crippen molar-refractivity contribution in [2.45, 2.75) is 51.7 Å². The van der Waals surface area contributed by atoms with Crippen LogP contribution in [0.4, 0.5) is 0 Å². The number of ether oxygens (including phenoxy) is 1. The smallest absolute Gasteiger partial charge is 0.201 e. The fourth-order valence-electron chi connectivity index (χ4n) is 5.14. The number of methoxy groups -OCH3 is 1. The molecule has 36 heavy (non-hydrogen) atoms. The third-order valence-electron chi connectivity index (χ3n) is 7.33. The minimum absolute atomic E-state index is 0.00102. The molecule has 9 nitrogen and oxygen atoms in total. The number of carbonyl (C=O) groups is 1. The SMILES string of the molecule is COc1ccc(C(C)N2CCC(C(=O)c3nc4ccccc4n3CCCCn3cnnn3)CC2)cc1. The van der Waals surface area contributed by atoms with Gasteiger partial charge in [0.2, 0.25) is 5.78 Å². The van der Waals surface area contributed by atoms with Crippen LogP contribution in [0.5, 0.6) is 5.75 Å². The van der Waals surface area contributed by atoms with E-state index in [1.54, 1.807) is 18.1 Å². The minimum Gasteiger partial charge on any atom is -0.497 e. The van der Waals surface area contributed by atoms with Crippen molar-refractivity contribution >= 4 is 16.8 Å². The summed E-state index contributed by atoms with van der Waals surface area (Å²) in [5.74, 6) is 1.64. The third-order valence-corrected chi connectivity index (χ3v) is 7.33. The van der Waals surface area contributed by atoms with Gasteiger partial charge in [0, 0.05) is 25.0 Å². The first-order chi connectivity index (χ1) is 17.6. The van der Waals surface area contributed by atoms with Gasteiger partial charge in [0.1, 0.15) is 12.1 Å². The molecule has 1 aliphatic heterocycles. The summed E-state index contributed by atoms with van der Waals surface area (Å²) < 4.78 is 9.14. The van der Waals surface area contributed by atoms with Crippen LogP contribution in [0.15, 0.2) is 54.9 Å². The van der Waals surface area contributed by atoms with Gasteiger partial charge in [-0.15, -0.1) is 5.10 Å². The van der Waals surface area contributed by atoms with Crippen LogP contribution in [0.2, 0.25) is 0 Å². The number of tetrazole rings is 1. The summed E-state index contributed by atoms with van der Waals surface area (Å²) in [6.45, 7) is 5.54. The second kappa shape index (κ2) is 11.0. The molecule has 0 bridgehead atoms. The number of carbonyl (C=O) groups excluding carboxylic acids is 1. The Hall–Kier alpha value is -3.59. The first-order valence-corrected chi connectivity index (χ1v) is 12.7. The van der Waals surface area contributed by atoms with Crippen LogP contribution >= 0.6 is 0 Å². The quantitative estimate of drug-likeness (QED) is 0.245. The molecule has 3 heterocycles. The molecule has 0 aliphatic carbocycles. The number of hydrogen-bond donors (Lipinski definition) is 0. The van der Waals surface area contributed by atoms with Gasteiger partial charge in [-0.3, -0.25) is 9.69 Å². The predicted molar refractivity (Wildman–Crippen MR) is 137 cm³/mol. The molecule has 4 aromatic rings. The number of imidazole rings is 1. The van der Waals surface area contributed by atoms with Crippen molar-refractivity contribution < 1.29 is 9.53 Å². The molecule has 0 saturated carbocycles. The van der Waals surface area contributed by atoms with Crippen molar-refractivity contribution in [3.8, 4) is 5.75 Å². The van der Waals surface area contributed by atoms with Gasteiger partial charge < -0.3 is 9.30 Å². The highest BCUT2D eigenvalue weighted by Gasteiger charge is 2.31. The number of rotatable bonds is 10. The molecule has 1 saturated heterocycles. The van der Waals surface area contributed by atoms with Gasteiger partial charge in [-0.05, 0) is 86.0 Å². The van der Waals surface area contributed by atoms with E-state index in [9.17, 15) is 4.79 Å². The van der Waals surface area contributed by atoms with Crippen LogP contribution < -0.4 is 4.74 Å². The van der Waals surface area contributed by atoms with Crippen molar-refractivity contribution in [1.29, 1.82) is 0 Å². The maximum atomic E-state index is 13.7. The average Bonchev–Trinajstić information content (AvgIpc) is 3.58. The summed E-state index contributed by atoms with van der Waals surface area (Å²) in [6, 6.07) is 16.6. The molecular weight excluding hydrogens is 454 g/mol. The fourth-order valence-corrected chi connectivity index (χ4v) is 5.14. The van der Waals surface area contributed by atoms with Crippen LogP contribution in [0, 0.1) is 5.92 Å². The summed E-state index contributed by atoms with van der Waals surface area (Å²) >= 11 is 0. The fraction of sp³-hybridized carbons (Fsp3) is 0.444. The largest absolute Gasteiger partial charge is 0.497 e. The van der Waals surface area contributed by atoms with Crippen LogP contribution in [0.1, 0.15) is 54.8 Å². The van der Waals surface area contributed by atoms with Gasteiger partial charge in [0.15, 0.2) is 5.82 Å². The number of aromatic nitrogens is 6. The average molecular weight is 488 g/mol. The standard InChI is InChI=1S/C27H33N7O2/c1-20(21-9-11-23(36-2)12-10-21)32-17-13-22(14-18-32)26(35)27-29-24-7-3-4-8-25(24)34(27)16-6-5-15-33-19-28-30-31-33/h3-4,7-12,19-20,22H,5-6,13-18H2,1-2H3. The zero-order valence-electron chi connectivity index (χ0n) is 21.0. The second-order valence-corrected chi connectivity index (χ2v) is 9.48. The van der Waals surface area contributed by atoms with E-state index in [4.69, 9.17) is 9.72 Å². The maximum Gasteiger partial charge on any atom is 0.201 e. The highest BCUT2D eigenvalue weighted by molar-refractivity contribution is 5.98. The molecule has 1 aliphatic rings. The van der Waals surface area contributed by atoms with Gasteiger partial charge >= 0.3 is 0 Å². The molecule has 1 unspecified atom stereocenters. The number of likely N-dealkylation sites (tertiary alicyclic amines) is 1. The summed E-state index contributed by atoms with van der Waals surface area (Å²) in [6.07, 6.45) is 5.16. The lowest BCUT2D eigenvalue weighted by atomic mass is 9.90. The third kappa shape index (κ3) is 5.16. The number of Topliss-reactive ketones (excluding diaryl/α,β-unsaturated/α-hetero) is 1. The molecule has 0 radical (unpaired) electrons. The van der Waals surface area contributed by atoms with Crippen LogP contribution in [-0.4, -0.2) is 60.6 Å². The highest BCUT2D eigenvalue weighted by atomic mass is 16.5. The van der Waals surface area contributed by atoms with E-state index in [2.05, 4.69) is 50.1 Å². The summed E-state index contributed by atoms with van der Waals surface area (Å²) in [5, 5.41) is 11.3. The molecule has 2 aromatic carbocycles. The lowest BCUT2D eigenvalue weighted by molar-refractivity contribution is 0.0787. The predicted octanol–water partition coefficient (Wildman–Crippen LogP) is 4.17. The van der Waals surface area contributed by atoms with Gasteiger partial charge in [-0.2, -0.15) is 0 Å². The number of aryl methyl sites for hydroxylation is 2. The lowest BCUT2D eigenvalue weighted by Gasteiger charge is -2.35. The molecule has 1 atom stereocenters. The van der Waals surface area contributed by atoms with Crippen molar-refractivity contribution in [3.05, 3.63) is 66.2 Å². The van der Waals surface area contributed by atoms with Crippen molar-refractivity contribution in [2.75, 3.05) is 20.2 Å². The molecule has 1 fully saturated rings. The van der Waals surface area contributed by atoms with Gasteiger partial charge in [-0.25, -0.2) is 9.67 Å². The van der Waals surface area contributed by atoms with E-state index in [0.29, 0.717) is 11.9 Å². The van der Waals surface area contributed by atoms with Crippen molar-refractivity contribution in [1.82, 2.24) is 34.7 Å². The Labute approximate surface area is 211 Å². The summed E-state index contributed by atoms with van der Waals surface area (Å²) in [4.78, 5) is 20.9. The zero-order valence-corrected chi connectivity index (χ0v) is 21.0. The van der Waals surface area contributed by atoms with E-state index in [1.165, 1.54) is 5.56 Å². The molecular formula is C27H33N7O2. The monoisotopic (exact) mass is 487 g/mol.